The highest BCUT2D eigenvalue weighted by molar-refractivity contribution is 8.18. The molecule has 2 unspecified atom stereocenters. The summed E-state index contributed by atoms with van der Waals surface area (Å²) in [5, 5.41) is 2.65. The second kappa shape index (κ2) is 9.49. The number of halogens is 1. The van der Waals surface area contributed by atoms with Gasteiger partial charge in [-0.05, 0) is 85.9 Å². The van der Waals surface area contributed by atoms with Crippen molar-refractivity contribution in [2.75, 3.05) is 34.4 Å². The summed E-state index contributed by atoms with van der Waals surface area (Å²) in [5.74, 6) is 2.03. The fraction of sp³-hybridized carbons (Fsp3) is 0.577. The van der Waals surface area contributed by atoms with Crippen molar-refractivity contribution >= 4 is 46.5 Å². The summed E-state index contributed by atoms with van der Waals surface area (Å²) in [6, 6.07) is 3.43. The van der Waals surface area contributed by atoms with Crippen LogP contribution in [0.2, 0.25) is 0 Å². The number of rotatable bonds is 8. The molecule has 4 bridgehead atoms. The number of thioether (sulfide) groups is 1. The van der Waals surface area contributed by atoms with E-state index in [0.717, 1.165) is 43.9 Å². The van der Waals surface area contributed by atoms with E-state index in [1.807, 2.05) is 0 Å². The number of hydrogen-bond acceptors (Lipinski definition) is 7. The van der Waals surface area contributed by atoms with E-state index < -0.39 is 5.41 Å². The summed E-state index contributed by atoms with van der Waals surface area (Å²) in [5.41, 5.74) is 0.233. The first kappa shape index (κ1) is 25.3. The summed E-state index contributed by atoms with van der Waals surface area (Å²) >= 11 is 7.74. The molecule has 3 amide bonds. The van der Waals surface area contributed by atoms with Crippen LogP contribution in [0.4, 0.5) is 4.79 Å². The lowest BCUT2D eigenvalue weighted by atomic mass is 9.49. The van der Waals surface area contributed by atoms with Gasteiger partial charge in [0.15, 0.2) is 11.5 Å². The van der Waals surface area contributed by atoms with Crippen LogP contribution in [0.5, 0.6) is 17.2 Å². The molecule has 5 fully saturated rings. The summed E-state index contributed by atoms with van der Waals surface area (Å²) in [6.45, 7) is 0.346. The van der Waals surface area contributed by atoms with Crippen molar-refractivity contribution in [1.82, 2.24) is 10.2 Å². The predicted molar refractivity (Wildman–Crippen MR) is 137 cm³/mol. The van der Waals surface area contributed by atoms with E-state index >= 15 is 0 Å². The maximum absolute atomic E-state index is 13.2. The van der Waals surface area contributed by atoms with E-state index in [-0.39, 0.29) is 35.0 Å². The molecule has 8 nitrogen and oxygen atoms in total. The Hall–Kier alpha value is -2.39. The maximum Gasteiger partial charge on any atom is 0.293 e. The molecule has 4 saturated carbocycles. The highest BCUT2D eigenvalue weighted by atomic mass is 35.5. The molecule has 1 aromatic rings. The van der Waals surface area contributed by atoms with E-state index in [9.17, 15) is 14.4 Å². The standard InChI is InChI=1S/C26H31ClN2O6S/c1-33-18-7-15(8-19(34-2)21(18)35-3)9-20-22(30)29(24(32)36-20)5-4-28-23(31)25-10-16-6-17(11-25)13-26(27,12-16)14-25/h7-9,16-17H,4-6,10-14H2,1-3H3,(H,28,31)/b20-9-. The lowest BCUT2D eigenvalue weighted by Gasteiger charge is -2.59. The van der Waals surface area contributed by atoms with Gasteiger partial charge in [0.1, 0.15) is 0 Å². The summed E-state index contributed by atoms with van der Waals surface area (Å²) < 4.78 is 16.1. The lowest BCUT2D eigenvalue weighted by molar-refractivity contribution is -0.144. The zero-order chi connectivity index (χ0) is 25.7. The third kappa shape index (κ3) is 4.45. The number of alkyl halides is 1. The second-order valence-corrected chi connectivity index (χ2v) is 12.2. The molecule has 1 aromatic carbocycles. The van der Waals surface area contributed by atoms with Crippen LogP contribution < -0.4 is 19.5 Å². The van der Waals surface area contributed by atoms with Crippen molar-refractivity contribution in [3.05, 3.63) is 22.6 Å². The second-order valence-electron chi connectivity index (χ2n) is 10.4. The molecule has 0 aromatic heterocycles. The van der Waals surface area contributed by atoms with Crippen molar-refractivity contribution < 1.29 is 28.6 Å². The van der Waals surface area contributed by atoms with Crippen LogP contribution in [0.1, 0.15) is 44.1 Å². The van der Waals surface area contributed by atoms with Crippen LogP contribution in [-0.2, 0) is 9.59 Å². The topological polar surface area (TPSA) is 94.2 Å². The fourth-order valence-electron chi connectivity index (χ4n) is 6.91. The predicted octanol–water partition coefficient (Wildman–Crippen LogP) is 4.44. The molecule has 0 radical (unpaired) electrons. The summed E-state index contributed by atoms with van der Waals surface area (Å²) in [7, 11) is 4.54. The summed E-state index contributed by atoms with van der Waals surface area (Å²) in [6.07, 6.45) is 7.33. The molecule has 10 heteroatoms. The van der Waals surface area contributed by atoms with E-state index in [2.05, 4.69) is 5.32 Å². The van der Waals surface area contributed by atoms with Gasteiger partial charge in [0.25, 0.3) is 11.1 Å². The Morgan fingerprint density at radius 1 is 1.11 bits per heavy atom. The van der Waals surface area contributed by atoms with Crippen LogP contribution in [0.15, 0.2) is 17.0 Å². The number of nitrogens with one attached hydrogen (secondary N) is 1. The van der Waals surface area contributed by atoms with Gasteiger partial charge in [-0.2, -0.15) is 0 Å². The lowest BCUT2D eigenvalue weighted by Crippen LogP contribution is -2.58. The quantitative estimate of drug-likeness (QED) is 0.389. The Labute approximate surface area is 220 Å². The molecule has 1 aliphatic heterocycles. The Balaban J connectivity index is 1.23. The molecule has 1 N–H and O–H groups in total. The van der Waals surface area contributed by atoms with Gasteiger partial charge in [-0.3, -0.25) is 19.3 Å². The molecule has 194 valence electrons. The Morgan fingerprint density at radius 2 is 1.75 bits per heavy atom. The number of amides is 3. The first-order chi connectivity index (χ1) is 17.2. The number of carbonyl (C=O) groups excluding carboxylic acids is 3. The molecule has 1 heterocycles. The third-order valence-electron chi connectivity index (χ3n) is 7.95. The molecule has 0 spiro atoms. The molecule has 6 rings (SSSR count). The minimum Gasteiger partial charge on any atom is -0.493 e. The molecule has 1 saturated heterocycles. The summed E-state index contributed by atoms with van der Waals surface area (Å²) in [4.78, 5) is 40.1. The smallest absolute Gasteiger partial charge is 0.293 e. The van der Waals surface area contributed by atoms with Crippen LogP contribution in [0, 0.1) is 17.3 Å². The average molecular weight is 535 g/mol. The monoisotopic (exact) mass is 534 g/mol. The van der Waals surface area contributed by atoms with Crippen molar-refractivity contribution in [2.45, 2.75) is 43.4 Å². The Morgan fingerprint density at radius 3 is 2.31 bits per heavy atom. The van der Waals surface area contributed by atoms with Crippen molar-refractivity contribution in [3.8, 4) is 17.2 Å². The minimum atomic E-state index is -0.406. The first-order valence-corrected chi connectivity index (χ1v) is 13.4. The number of imide groups is 1. The number of hydrogen-bond donors (Lipinski definition) is 1. The van der Waals surface area contributed by atoms with Gasteiger partial charge in [0.2, 0.25) is 11.7 Å². The van der Waals surface area contributed by atoms with Crippen molar-refractivity contribution in [1.29, 1.82) is 0 Å². The molecule has 36 heavy (non-hydrogen) atoms. The number of carbonyl (C=O) groups is 3. The Bertz CT molecular complexity index is 1100. The maximum atomic E-state index is 13.2. The van der Waals surface area contributed by atoms with Gasteiger partial charge in [0.05, 0.1) is 31.6 Å². The average Bonchev–Trinajstić information content (AvgIpc) is 3.08. The molecule has 4 aliphatic carbocycles. The minimum absolute atomic E-state index is 0.0153. The SMILES string of the molecule is COc1cc(/C=C2\SC(=O)N(CCNC(=O)C34CC5CC(CC(Cl)(C5)C3)C4)C2=O)cc(OC)c1OC. The van der Waals surface area contributed by atoms with Crippen LogP contribution in [0.3, 0.4) is 0 Å². The molecule has 2 atom stereocenters. The van der Waals surface area contributed by atoms with Gasteiger partial charge in [0, 0.05) is 18.0 Å². The van der Waals surface area contributed by atoms with Gasteiger partial charge < -0.3 is 19.5 Å². The van der Waals surface area contributed by atoms with E-state index in [0.29, 0.717) is 39.6 Å². The zero-order valence-electron chi connectivity index (χ0n) is 20.7. The normalized spacial score (nSPS) is 31.8. The third-order valence-corrected chi connectivity index (χ3v) is 9.30. The van der Waals surface area contributed by atoms with E-state index in [1.54, 1.807) is 18.2 Å². The molecular weight excluding hydrogens is 504 g/mol. The van der Waals surface area contributed by atoms with Crippen LogP contribution in [0.25, 0.3) is 6.08 Å². The highest BCUT2D eigenvalue weighted by Gasteiger charge is 2.60. The zero-order valence-corrected chi connectivity index (χ0v) is 22.3. The van der Waals surface area contributed by atoms with E-state index in [1.165, 1.54) is 32.7 Å². The van der Waals surface area contributed by atoms with Crippen molar-refractivity contribution in [2.24, 2.45) is 17.3 Å². The van der Waals surface area contributed by atoms with Gasteiger partial charge in [-0.25, -0.2) is 0 Å². The highest BCUT2D eigenvalue weighted by Crippen LogP contribution is 2.63. The molecular formula is C26H31ClN2O6S. The fourth-order valence-corrected chi connectivity index (χ4v) is 8.47. The number of ether oxygens (including phenoxy) is 3. The number of nitrogens with zero attached hydrogens (tertiary/aromatic N) is 1. The van der Waals surface area contributed by atoms with Gasteiger partial charge in [-0.15, -0.1) is 11.6 Å². The van der Waals surface area contributed by atoms with E-state index in [4.69, 9.17) is 25.8 Å². The van der Waals surface area contributed by atoms with Crippen LogP contribution in [-0.4, -0.2) is 61.2 Å². The van der Waals surface area contributed by atoms with Crippen LogP contribution >= 0.6 is 23.4 Å². The van der Waals surface area contributed by atoms with Gasteiger partial charge >= 0.3 is 0 Å². The van der Waals surface area contributed by atoms with Gasteiger partial charge in [-0.1, -0.05) is 0 Å². The van der Waals surface area contributed by atoms with Crippen molar-refractivity contribution in [3.63, 3.8) is 0 Å². The number of benzene rings is 1. The molecule has 5 aliphatic rings. The first-order valence-electron chi connectivity index (χ1n) is 12.2. The number of methoxy groups -OCH3 is 3. The largest absolute Gasteiger partial charge is 0.493 e. The Kier molecular flexibility index (Phi) is 6.66.